The summed E-state index contributed by atoms with van der Waals surface area (Å²) in [7, 11) is -4.01. The molecule has 0 aliphatic carbocycles. The van der Waals surface area contributed by atoms with E-state index in [1.165, 1.54) is 29.3 Å². The lowest BCUT2D eigenvalue weighted by molar-refractivity contribution is -0.117. The Bertz CT molecular complexity index is 1120. The van der Waals surface area contributed by atoms with Crippen LogP contribution in [0, 0.1) is 5.82 Å². The summed E-state index contributed by atoms with van der Waals surface area (Å²) < 4.78 is 41.9. The van der Waals surface area contributed by atoms with Crippen LogP contribution in [0.3, 0.4) is 0 Å². The van der Waals surface area contributed by atoms with Crippen molar-refractivity contribution in [3.63, 3.8) is 0 Å². The van der Waals surface area contributed by atoms with E-state index >= 15 is 0 Å². The number of nitrogens with zero attached hydrogens (tertiary/aromatic N) is 3. The zero-order valence-corrected chi connectivity index (χ0v) is 17.0. The molecule has 4 rings (SSSR count). The van der Waals surface area contributed by atoms with Crippen LogP contribution >= 0.6 is 11.3 Å². The van der Waals surface area contributed by atoms with Gasteiger partial charge in [-0.3, -0.25) is 4.79 Å². The summed E-state index contributed by atoms with van der Waals surface area (Å²) in [6, 6.07) is 12.6. The molecule has 6 nitrogen and oxygen atoms in total. The van der Waals surface area contributed by atoms with E-state index in [1.54, 1.807) is 35.7 Å². The van der Waals surface area contributed by atoms with Gasteiger partial charge in [0, 0.05) is 18.1 Å². The van der Waals surface area contributed by atoms with E-state index < -0.39 is 28.3 Å². The van der Waals surface area contributed by atoms with Crippen molar-refractivity contribution in [2.45, 2.75) is 17.7 Å². The molecule has 0 bridgehead atoms. The molecule has 2 heterocycles. The molecular formula is C20H18FN3O3S2. The number of fused-ring (bicyclic) bond motifs is 1. The SMILES string of the molecule is O=C(CN(c1nccs1)S(=O)(=O)c1ccccc1)N1CCCc2cccc(F)c21. The number of hydrogen-bond acceptors (Lipinski definition) is 5. The number of thiazole rings is 1. The van der Waals surface area contributed by atoms with Gasteiger partial charge in [0.2, 0.25) is 5.91 Å². The first-order valence-corrected chi connectivity index (χ1v) is 11.4. The number of sulfonamides is 1. The van der Waals surface area contributed by atoms with Gasteiger partial charge in [0.25, 0.3) is 10.0 Å². The Labute approximate surface area is 172 Å². The number of carbonyl (C=O) groups excluding carboxylic acids is 1. The van der Waals surface area contributed by atoms with Gasteiger partial charge in [-0.2, -0.15) is 0 Å². The molecule has 0 spiro atoms. The second kappa shape index (κ2) is 7.92. The van der Waals surface area contributed by atoms with Crippen molar-refractivity contribution in [1.82, 2.24) is 4.98 Å². The largest absolute Gasteiger partial charge is 0.308 e. The van der Waals surface area contributed by atoms with Crippen molar-refractivity contribution in [1.29, 1.82) is 0 Å². The van der Waals surface area contributed by atoms with E-state index in [0.717, 1.165) is 21.2 Å². The fourth-order valence-corrected chi connectivity index (χ4v) is 5.63. The first-order valence-electron chi connectivity index (χ1n) is 9.03. The molecular weight excluding hydrogens is 413 g/mol. The smallest absolute Gasteiger partial charge is 0.266 e. The van der Waals surface area contributed by atoms with E-state index in [4.69, 9.17) is 0 Å². The predicted octanol–water partition coefficient (Wildman–Crippen LogP) is 3.46. The molecule has 9 heteroatoms. The van der Waals surface area contributed by atoms with Gasteiger partial charge < -0.3 is 4.90 Å². The van der Waals surface area contributed by atoms with Crippen molar-refractivity contribution in [3.05, 3.63) is 71.5 Å². The van der Waals surface area contributed by atoms with E-state index in [0.29, 0.717) is 19.4 Å². The quantitative estimate of drug-likeness (QED) is 0.620. The zero-order valence-electron chi connectivity index (χ0n) is 15.4. The molecule has 1 aliphatic rings. The minimum absolute atomic E-state index is 0.0632. The monoisotopic (exact) mass is 431 g/mol. The van der Waals surface area contributed by atoms with Gasteiger partial charge in [-0.05, 0) is 36.6 Å². The number of amides is 1. The van der Waals surface area contributed by atoms with Crippen LogP contribution in [0.2, 0.25) is 0 Å². The summed E-state index contributed by atoms with van der Waals surface area (Å²) in [4.78, 5) is 18.6. The Morgan fingerprint density at radius 1 is 1.17 bits per heavy atom. The molecule has 1 amide bonds. The summed E-state index contributed by atoms with van der Waals surface area (Å²) in [5, 5.41) is 1.83. The van der Waals surface area contributed by atoms with Crippen LogP contribution in [0.25, 0.3) is 0 Å². The topological polar surface area (TPSA) is 70.6 Å². The van der Waals surface area contributed by atoms with Crippen molar-refractivity contribution in [3.8, 4) is 0 Å². The van der Waals surface area contributed by atoms with E-state index in [9.17, 15) is 17.6 Å². The van der Waals surface area contributed by atoms with Gasteiger partial charge in [-0.1, -0.05) is 30.3 Å². The molecule has 0 saturated heterocycles. The molecule has 0 saturated carbocycles. The van der Waals surface area contributed by atoms with E-state index in [1.807, 2.05) is 0 Å². The molecule has 0 unspecified atom stereocenters. The van der Waals surface area contributed by atoms with Gasteiger partial charge in [0.1, 0.15) is 12.4 Å². The van der Waals surface area contributed by atoms with Crippen LogP contribution in [0.1, 0.15) is 12.0 Å². The molecule has 0 fully saturated rings. The molecule has 29 heavy (non-hydrogen) atoms. The first kappa shape index (κ1) is 19.5. The Balaban J connectivity index is 1.70. The predicted molar refractivity (Wildman–Crippen MR) is 110 cm³/mol. The molecule has 0 N–H and O–H groups in total. The fourth-order valence-electron chi connectivity index (χ4n) is 3.38. The van der Waals surface area contributed by atoms with E-state index in [-0.39, 0.29) is 15.7 Å². The Morgan fingerprint density at radius 3 is 2.69 bits per heavy atom. The number of rotatable bonds is 5. The molecule has 1 aliphatic heterocycles. The minimum Gasteiger partial charge on any atom is -0.308 e. The third-order valence-corrected chi connectivity index (χ3v) is 7.37. The highest BCUT2D eigenvalue weighted by molar-refractivity contribution is 7.93. The lowest BCUT2D eigenvalue weighted by Crippen LogP contribution is -2.45. The highest BCUT2D eigenvalue weighted by Gasteiger charge is 2.33. The maximum absolute atomic E-state index is 14.5. The van der Waals surface area contributed by atoms with Crippen molar-refractivity contribution >= 4 is 38.1 Å². The van der Waals surface area contributed by atoms with Gasteiger partial charge in [-0.25, -0.2) is 22.1 Å². The van der Waals surface area contributed by atoms with Gasteiger partial charge in [0.15, 0.2) is 5.13 Å². The van der Waals surface area contributed by atoms with Crippen LogP contribution in [-0.2, 0) is 21.2 Å². The number of hydrogen-bond donors (Lipinski definition) is 0. The number of halogens is 1. The summed E-state index contributed by atoms with van der Waals surface area (Å²) in [5.74, 6) is -0.979. The number of aromatic nitrogens is 1. The fraction of sp³-hybridized carbons (Fsp3) is 0.200. The Hall–Kier alpha value is -2.78. The molecule has 1 aromatic heterocycles. The van der Waals surface area contributed by atoms with Crippen LogP contribution in [0.15, 0.2) is 65.0 Å². The lowest BCUT2D eigenvalue weighted by Gasteiger charge is -2.31. The molecule has 3 aromatic rings. The summed E-state index contributed by atoms with van der Waals surface area (Å²) >= 11 is 1.12. The molecule has 0 atom stereocenters. The van der Waals surface area contributed by atoms with Crippen molar-refractivity contribution < 1.29 is 17.6 Å². The van der Waals surface area contributed by atoms with Crippen molar-refractivity contribution in [2.24, 2.45) is 0 Å². The lowest BCUT2D eigenvalue weighted by atomic mass is 10.0. The zero-order chi connectivity index (χ0) is 20.4. The highest BCUT2D eigenvalue weighted by atomic mass is 32.2. The molecule has 0 radical (unpaired) electrons. The van der Waals surface area contributed by atoms with Gasteiger partial charge >= 0.3 is 0 Å². The van der Waals surface area contributed by atoms with Crippen LogP contribution in [0.5, 0.6) is 0 Å². The van der Waals surface area contributed by atoms with Crippen LogP contribution in [0.4, 0.5) is 15.2 Å². The summed E-state index contributed by atoms with van der Waals surface area (Å²) in [6.45, 7) is -0.123. The average molecular weight is 432 g/mol. The normalized spacial score (nSPS) is 13.8. The van der Waals surface area contributed by atoms with Crippen LogP contribution in [-0.4, -0.2) is 32.4 Å². The number of anilines is 2. The summed E-state index contributed by atoms with van der Waals surface area (Å²) in [6.07, 6.45) is 2.84. The second-order valence-corrected chi connectivity index (χ2v) is 9.27. The third-order valence-electron chi connectivity index (χ3n) is 4.71. The van der Waals surface area contributed by atoms with Gasteiger partial charge in [0.05, 0.1) is 10.6 Å². The molecule has 2 aromatic carbocycles. The Kier molecular flexibility index (Phi) is 5.33. The maximum Gasteiger partial charge on any atom is 0.266 e. The number of carbonyl (C=O) groups is 1. The second-order valence-electron chi connectivity index (χ2n) is 6.54. The average Bonchev–Trinajstić information content (AvgIpc) is 3.26. The Morgan fingerprint density at radius 2 is 1.97 bits per heavy atom. The first-order chi connectivity index (χ1) is 14.0. The van der Waals surface area contributed by atoms with Crippen molar-refractivity contribution in [2.75, 3.05) is 22.3 Å². The number of aryl methyl sites for hydroxylation is 1. The highest BCUT2D eigenvalue weighted by Crippen LogP contribution is 2.31. The van der Waals surface area contributed by atoms with E-state index in [2.05, 4.69) is 4.98 Å². The van der Waals surface area contributed by atoms with Crippen LogP contribution < -0.4 is 9.21 Å². The molecule has 150 valence electrons. The standard InChI is InChI=1S/C20H18FN3O3S2/c21-17-10-4-6-15-7-5-12-23(19(15)17)18(25)14-24(20-22-11-13-28-20)29(26,27)16-8-2-1-3-9-16/h1-4,6,8-11,13H,5,7,12,14H2. The third kappa shape index (κ3) is 3.75. The maximum atomic E-state index is 14.5. The minimum atomic E-state index is -4.01. The summed E-state index contributed by atoms with van der Waals surface area (Å²) in [5.41, 5.74) is 0.983. The number of benzene rings is 2. The number of para-hydroxylation sites is 1. The van der Waals surface area contributed by atoms with Gasteiger partial charge in [-0.15, -0.1) is 11.3 Å².